The van der Waals surface area contributed by atoms with Gasteiger partial charge < -0.3 is 24.8 Å². The number of aliphatic carboxylic acids is 1. The molecule has 0 amide bonds. The number of benzene rings is 1. The van der Waals surface area contributed by atoms with Crippen molar-refractivity contribution in [2.45, 2.75) is 114 Å². The quantitative estimate of drug-likeness (QED) is 0.205. The van der Waals surface area contributed by atoms with Gasteiger partial charge in [-0.2, -0.15) is 0 Å². The Bertz CT molecular complexity index is 1140. The van der Waals surface area contributed by atoms with Crippen molar-refractivity contribution in [3.8, 4) is 0 Å². The van der Waals surface area contributed by atoms with Crippen molar-refractivity contribution in [2.75, 3.05) is 17.9 Å². The molecule has 4 N–H and O–H groups in total. The Labute approximate surface area is 236 Å². The fourth-order valence-electron chi connectivity index (χ4n) is 5.66. The molecule has 1 aliphatic heterocycles. The van der Waals surface area contributed by atoms with Crippen molar-refractivity contribution in [1.82, 2.24) is 0 Å². The van der Waals surface area contributed by atoms with Crippen LogP contribution in [-0.4, -0.2) is 65.7 Å². The number of rotatable bonds is 16. The molecule has 9 nitrogen and oxygen atoms in total. The number of unbranched alkanes of at least 4 members (excludes halogenated alkanes) is 7. The Morgan fingerprint density at radius 2 is 1.77 bits per heavy atom. The molecule has 1 aromatic rings. The third-order valence-electron chi connectivity index (χ3n) is 8.05. The maximum absolute atomic E-state index is 14.1. The van der Waals surface area contributed by atoms with Crippen molar-refractivity contribution in [2.24, 2.45) is 0 Å². The SMILES string of the molecule is CCCCCCCCCCc1cc(F)ccc1NS(=O)(=O)C1CCC2(C=C1C(=O)O)O[C@@H](CO)[C@](CC)(CO)O2. The van der Waals surface area contributed by atoms with Crippen LogP contribution in [0.4, 0.5) is 10.1 Å². The van der Waals surface area contributed by atoms with E-state index in [0.29, 0.717) is 18.4 Å². The van der Waals surface area contributed by atoms with Crippen molar-refractivity contribution in [3.05, 3.63) is 41.2 Å². The van der Waals surface area contributed by atoms with Gasteiger partial charge in [0.25, 0.3) is 0 Å². The minimum Gasteiger partial charge on any atom is -0.478 e. The third-order valence-corrected chi connectivity index (χ3v) is 9.80. The molecule has 0 saturated carbocycles. The first-order valence-electron chi connectivity index (χ1n) is 14.4. The van der Waals surface area contributed by atoms with Crippen molar-refractivity contribution < 1.29 is 42.4 Å². The van der Waals surface area contributed by atoms with Crippen LogP contribution in [0.3, 0.4) is 0 Å². The number of hydrogen-bond acceptors (Lipinski definition) is 7. The van der Waals surface area contributed by atoms with Gasteiger partial charge in [-0.1, -0.05) is 58.8 Å². The standard InChI is InChI=1S/C29H44FNO8S/c1-3-5-6-7-8-9-10-11-12-21-17-22(30)13-14-24(21)31-40(36,37)25-15-16-29(18-23(25)27(34)35)38-26(19-32)28(4-2,20-33)39-29/h13-14,17-18,25-26,31-33H,3-12,15-16,19-20H2,1-2H3,(H,34,35)/t25?,26-,28-,29?/m0/s1. The van der Waals surface area contributed by atoms with Crippen LogP contribution in [0.2, 0.25) is 0 Å². The number of aryl methyl sites for hydroxylation is 1. The summed E-state index contributed by atoms with van der Waals surface area (Å²) in [7, 11) is -4.25. The molecule has 226 valence electrons. The number of carboxylic acids is 1. The number of sulfonamides is 1. The van der Waals surface area contributed by atoms with Crippen LogP contribution in [-0.2, 0) is 30.7 Å². The highest BCUT2D eigenvalue weighted by Crippen LogP contribution is 2.46. The summed E-state index contributed by atoms with van der Waals surface area (Å²) in [5.74, 6) is -3.50. The van der Waals surface area contributed by atoms with E-state index < -0.39 is 63.3 Å². The van der Waals surface area contributed by atoms with Crippen LogP contribution < -0.4 is 4.72 Å². The van der Waals surface area contributed by atoms with Crippen LogP contribution in [0.15, 0.2) is 29.8 Å². The van der Waals surface area contributed by atoms with Gasteiger partial charge in [-0.25, -0.2) is 17.6 Å². The van der Waals surface area contributed by atoms with Gasteiger partial charge in [0.05, 0.1) is 24.5 Å². The average molecular weight is 586 g/mol. The minimum absolute atomic E-state index is 0.00212. The van der Waals surface area contributed by atoms with Crippen molar-refractivity contribution in [3.63, 3.8) is 0 Å². The number of nitrogens with one attached hydrogen (secondary N) is 1. The molecule has 1 heterocycles. The van der Waals surface area contributed by atoms with Crippen LogP contribution in [0, 0.1) is 5.82 Å². The molecule has 3 rings (SSSR count). The van der Waals surface area contributed by atoms with Gasteiger partial charge >= 0.3 is 5.97 Å². The summed E-state index contributed by atoms with van der Waals surface area (Å²) in [6.07, 6.45) is 9.67. The molecule has 2 aliphatic rings. The zero-order valence-electron chi connectivity index (χ0n) is 23.5. The highest BCUT2D eigenvalue weighted by Gasteiger charge is 2.57. The molecule has 11 heteroatoms. The molecule has 0 bridgehead atoms. The monoisotopic (exact) mass is 585 g/mol. The summed E-state index contributed by atoms with van der Waals surface area (Å²) in [6.45, 7) is 3.01. The second kappa shape index (κ2) is 14.2. The highest BCUT2D eigenvalue weighted by atomic mass is 32.2. The summed E-state index contributed by atoms with van der Waals surface area (Å²) in [6, 6.07) is 3.86. The van der Waals surface area contributed by atoms with Gasteiger partial charge in [0.1, 0.15) is 22.8 Å². The van der Waals surface area contributed by atoms with Gasteiger partial charge in [0, 0.05) is 6.42 Å². The molecule has 1 spiro atoms. The van der Waals surface area contributed by atoms with Gasteiger partial charge in [0.2, 0.25) is 10.0 Å². The lowest BCUT2D eigenvalue weighted by Crippen LogP contribution is -2.46. The first-order valence-corrected chi connectivity index (χ1v) is 16.0. The Balaban J connectivity index is 1.75. The molecular formula is C29H44FNO8S. The number of aliphatic hydroxyl groups is 2. The maximum atomic E-state index is 14.1. The van der Waals surface area contributed by atoms with Crippen LogP contribution in [0.1, 0.15) is 90.0 Å². The van der Waals surface area contributed by atoms with Crippen molar-refractivity contribution >= 4 is 21.7 Å². The number of hydrogen-bond donors (Lipinski definition) is 4. The van der Waals surface area contributed by atoms with Gasteiger partial charge in [0.15, 0.2) is 5.79 Å². The normalized spacial score (nSPS) is 26.7. The summed E-state index contributed by atoms with van der Waals surface area (Å²) in [4.78, 5) is 12.2. The Morgan fingerprint density at radius 1 is 1.10 bits per heavy atom. The Morgan fingerprint density at radius 3 is 2.35 bits per heavy atom. The maximum Gasteiger partial charge on any atom is 0.332 e. The molecule has 1 aliphatic carbocycles. The highest BCUT2D eigenvalue weighted by molar-refractivity contribution is 7.93. The fourth-order valence-corrected chi connectivity index (χ4v) is 7.24. The molecule has 1 aromatic carbocycles. The number of carboxylic acid groups (broad SMARTS) is 1. The molecule has 40 heavy (non-hydrogen) atoms. The van der Waals surface area contributed by atoms with Gasteiger partial charge in [-0.3, -0.25) is 4.72 Å². The molecule has 1 saturated heterocycles. The second-order valence-electron chi connectivity index (χ2n) is 10.9. The van der Waals surface area contributed by atoms with E-state index in [-0.39, 0.29) is 18.5 Å². The van der Waals surface area contributed by atoms with Gasteiger partial charge in [-0.15, -0.1) is 0 Å². The van der Waals surface area contributed by atoms with Crippen LogP contribution in [0.5, 0.6) is 0 Å². The Hall–Kier alpha value is -2.05. The molecule has 0 radical (unpaired) electrons. The molecular weight excluding hydrogens is 541 g/mol. The van der Waals surface area contributed by atoms with E-state index in [4.69, 9.17) is 9.47 Å². The zero-order valence-corrected chi connectivity index (χ0v) is 24.3. The zero-order chi connectivity index (χ0) is 29.4. The first kappa shape index (κ1) is 32.5. The Kier molecular flexibility index (Phi) is 11.5. The lowest BCUT2D eigenvalue weighted by molar-refractivity contribution is -0.171. The van der Waals surface area contributed by atoms with Crippen LogP contribution in [0.25, 0.3) is 0 Å². The van der Waals surface area contributed by atoms with Crippen LogP contribution >= 0.6 is 0 Å². The molecule has 0 aromatic heterocycles. The third kappa shape index (κ3) is 7.61. The second-order valence-corrected chi connectivity index (χ2v) is 12.7. The number of ether oxygens (including phenoxy) is 2. The number of anilines is 1. The largest absolute Gasteiger partial charge is 0.478 e. The summed E-state index contributed by atoms with van der Waals surface area (Å²) in [5.41, 5.74) is -0.913. The topological polar surface area (TPSA) is 142 Å². The van der Waals surface area contributed by atoms with Crippen molar-refractivity contribution in [1.29, 1.82) is 0 Å². The molecule has 1 fully saturated rings. The van der Waals surface area contributed by atoms with E-state index in [2.05, 4.69) is 11.6 Å². The van der Waals surface area contributed by atoms with E-state index in [0.717, 1.165) is 31.8 Å². The number of aliphatic hydroxyl groups excluding tert-OH is 2. The van der Waals surface area contributed by atoms with E-state index in [1.165, 1.54) is 43.9 Å². The van der Waals surface area contributed by atoms with E-state index >= 15 is 0 Å². The predicted octanol–water partition coefficient (Wildman–Crippen LogP) is 4.67. The average Bonchev–Trinajstić information content (AvgIpc) is 3.24. The van der Waals surface area contributed by atoms with E-state index in [9.17, 15) is 32.9 Å². The fraction of sp³-hybridized carbons (Fsp3) is 0.690. The van der Waals surface area contributed by atoms with E-state index in [1.807, 2.05) is 0 Å². The predicted molar refractivity (Wildman–Crippen MR) is 150 cm³/mol. The first-order chi connectivity index (χ1) is 19.0. The van der Waals surface area contributed by atoms with E-state index in [1.54, 1.807) is 6.92 Å². The summed E-state index contributed by atoms with van der Waals surface area (Å²) in [5, 5.41) is 28.3. The van der Waals surface area contributed by atoms with Gasteiger partial charge in [-0.05, 0) is 55.5 Å². The number of carbonyl (C=O) groups is 1. The molecule has 2 unspecified atom stereocenters. The lowest BCUT2D eigenvalue weighted by Gasteiger charge is -2.34. The summed E-state index contributed by atoms with van der Waals surface area (Å²) < 4.78 is 55.5. The molecule has 4 atom stereocenters. The summed E-state index contributed by atoms with van der Waals surface area (Å²) >= 11 is 0. The minimum atomic E-state index is -4.25. The number of halogens is 1. The smallest absolute Gasteiger partial charge is 0.332 e. The lowest BCUT2D eigenvalue weighted by atomic mass is 9.93.